The molecule has 2 atom stereocenters. The van der Waals surface area contributed by atoms with Gasteiger partial charge in [-0.3, -0.25) is 4.79 Å². The lowest BCUT2D eigenvalue weighted by Gasteiger charge is -2.35. The fraction of sp³-hybridized carbons (Fsp3) is 0.444. The van der Waals surface area contributed by atoms with Crippen LogP contribution >= 0.6 is 15.9 Å². The summed E-state index contributed by atoms with van der Waals surface area (Å²) in [6.45, 7) is 6.31. The molecule has 1 aliphatic rings. The molecule has 0 saturated carbocycles. The van der Waals surface area contributed by atoms with Gasteiger partial charge < -0.3 is 18.8 Å². The second-order valence-electron chi connectivity index (χ2n) is 6.33. The van der Waals surface area contributed by atoms with Gasteiger partial charge in [-0.1, -0.05) is 15.9 Å². The van der Waals surface area contributed by atoms with Gasteiger partial charge in [-0.25, -0.2) is 4.79 Å². The Bertz CT molecular complexity index is 805. The van der Waals surface area contributed by atoms with Gasteiger partial charge in [0.1, 0.15) is 5.58 Å². The average molecular weight is 410 g/mol. The van der Waals surface area contributed by atoms with Crippen LogP contribution in [0.25, 0.3) is 11.0 Å². The molecule has 134 valence electrons. The molecule has 6 nitrogen and oxygen atoms in total. The quantitative estimate of drug-likeness (QED) is 0.727. The van der Waals surface area contributed by atoms with E-state index >= 15 is 0 Å². The van der Waals surface area contributed by atoms with Crippen LogP contribution in [0.15, 0.2) is 27.1 Å². The van der Waals surface area contributed by atoms with Gasteiger partial charge in [0, 0.05) is 28.5 Å². The molecule has 1 fully saturated rings. The number of halogens is 1. The number of furan rings is 1. The number of rotatable bonds is 3. The fourth-order valence-electron chi connectivity index (χ4n) is 3.05. The highest BCUT2D eigenvalue weighted by atomic mass is 79.9. The predicted molar refractivity (Wildman–Crippen MR) is 95.5 cm³/mol. The van der Waals surface area contributed by atoms with Crippen molar-refractivity contribution in [3.05, 3.63) is 34.0 Å². The number of nitrogens with zero attached hydrogens (tertiary/aromatic N) is 1. The van der Waals surface area contributed by atoms with E-state index in [-0.39, 0.29) is 30.5 Å². The first kappa shape index (κ1) is 17.9. The number of carbonyl (C=O) groups excluding carboxylic acids is 2. The standard InChI is InChI=1S/C18H20BrNO5/c1-10-7-20(8-11(2)24-10)16(21)9-23-18(22)17-12(3)14-6-13(19)4-5-15(14)25-17/h4-6,10-11H,7-9H2,1-3H3/t10-,11+. The fourth-order valence-corrected chi connectivity index (χ4v) is 3.41. The number of hydrogen-bond acceptors (Lipinski definition) is 5. The van der Waals surface area contributed by atoms with Gasteiger partial charge in [0.2, 0.25) is 5.76 Å². The first-order valence-electron chi connectivity index (χ1n) is 8.14. The molecule has 1 amide bonds. The molecule has 1 saturated heterocycles. The van der Waals surface area contributed by atoms with E-state index in [1.165, 1.54) is 0 Å². The van der Waals surface area contributed by atoms with Gasteiger partial charge in [0.05, 0.1) is 12.2 Å². The number of ether oxygens (including phenoxy) is 2. The molecule has 0 radical (unpaired) electrons. The van der Waals surface area contributed by atoms with Crippen molar-refractivity contribution in [2.75, 3.05) is 19.7 Å². The van der Waals surface area contributed by atoms with Crippen molar-refractivity contribution in [1.29, 1.82) is 0 Å². The Kier molecular flexibility index (Phi) is 5.15. The van der Waals surface area contributed by atoms with Crippen molar-refractivity contribution >= 4 is 38.8 Å². The Morgan fingerprint density at radius 3 is 2.64 bits per heavy atom. The van der Waals surface area contributed by atoms with Crippen LogP contribution in [0, 0.1) is 6.92 Å². The van der Waals surface area contributed by atoms with E-state index in [9.17, 15) is 9.59 Å². The van der Waals surface area contributed by atoms with Crippen LogP contribution in [0.3, 0.4) is 0 Å². The summed E-state index contributed by atoms with van der Waals surface area (Å²) in [6.07, 6.45) is -0.0565. The summed E-state index contributed by atoms with van der Waals surface area (Å²) in [4.78, 5) is 26.3. The number of esters is 1. The summed E-state index contributed by atoms with van der Waals surface area (Å²) >= 11 is 3.40. The monoisotopic (exact) mass is 409 g/mol. The molecule has 0 aliphatic carbocycles. The van der Waals surface area contributed by atoms with Crippen LogP contribution in [-0.2, 0) is 14.3 Å². The Balaban J connectivity index is 1.66. The van der Waals surface area contributed by atoms with E-state index in [0.717, 1.165) is 9.86 Å². The Morgan fingerprint density at radius 2 is 1.96 bits per heavy atom. The number of morpholine rings is 1. The molecule has 0 N–H and O–H groups in total. The number of amides is 1. The maximum atomic E-state index is 12.3. The Morgan fingerprint density at radius 1 is 1.28 bits per heavy atom. The molecular weight excluding hydrogens is 390 g/mol. The second kappa shape index (κ2) is 7.17. The lowest BCUT2D eigenvalue weighted by Crippen LogP contribution is -2.49. The zero-order chi connectivity index (χ0) is 18.1. The second-order valence-corrected chi connectivity index (χ2v) is 7.24. The number of benzene rings is 1. The van der Waals surface area contributed by atoms with Crippen molar-refractivity contribution in [2.45, 2.75) is 33.0 Å². The number of fused-ring (bicyclic) bond motifs is 1. The van der Waals surface area contributed by atoms with Crippen LogP contribution in [0.1, 0.15) is 30.0 Å². The third-order valence-electron chi connectivity index (χ3n) is 4.18. The van der Waals surface area contributed by atoms with E-state index in [0.29, 0.717) is 24.2 Å². The molecule has 1 aromatic carbocycles. The maximum Gasteiger partial charge on any atom is 0.375 e. The van der Waals surface area contributed by atoms with Crippen LogP contribution in [-0.4, -0.2) is 48.7 Å². The zero-order valence-electron chi connectivity index (χ0n) is 14.4. The van der Waals surface area contributed by atoms with Gasteiger partial charge in [-0.15, -0.1) is 0 Å². The largest absolute Gasteiger partial charge is 0.450 e. The molecule has 0 bridgehead atoms. The summed E-state index contributed by atoms with van der Waals surface area (Å²) in [6, 6.07) is 5.50. The first-order chi connectivity index (χ1) is 11.8. The number of hydrogen-bond donors (Lipinski definition) is 0. The molecule has 1 aliphatic heterocycles. The molecule has 25 heavy (non-hydrogen) atoms. The summed E-state index contributed by atoms with van der Waals surface area (Å²) < 4.78 is 17.3. The maximum absolute atomic E-state index is 12.3. The minimum absolute atomic E-state index is 0.0283. The normalized spacial score (nSPS) is 20.7. The average Bonchev–Trinajstić information content (AvgIpc) is 2.88. The molecule has 1 aromatic heterocycles. The molecule has 0 spiro atoms. The lowest BCUT2D eigenvalue weighted by molar-refractivity contribution is -0.146. The third kappa shape index (κ3) is 3.88. The van der Waals surface area contributed by atoms with Crippen molar-refractivity contribution < 1.29 is 23.5 Å². The van der Waals surface area contributed by atoms with Crippen molar-refractivity contribution in [3.8, 4) is 0 Å². The summed E-state index contributed by atoms with van der Waals surface area (Å²) in [5.74, 6) is -0.732. The van der Waals surface area contributed by atoms with E-state index in [2.05, 4.69) is 15.9 Å². The van der Waals surface area contributed by atoms with E-state index in [4.69, 9.17) is 13.9 Å². The molecule has 0 unspecified atom stereocenters. The smallest absolute Gasteiger partial charge is 0.375 e. The Labute approximate surface area is 154 Å². The van der Waals surface area contributed by atoms with Crippen molar-refractivity contribution in [1.82, 2.24) is 4.90 Å². The molecular formula is C18H20BrNO5. The van der Waals surface area contributed by atoms with Crippen LogP contribution in [0.2, 0.25) is 0 Å². The topological polar surface area (TPSA) is 69.0 Å². The molecule has 3 rings (SSSR count). The highest BCUT2D eigenvalue weighted by Gasteiger charge is 2.27. The summed E-state index contributed by atoms with van der Waals surface area (Å²) in [7, 11) is 0. The first-order valence-corrected chi connectivity index (χ1v) is 8.93. The minimum atomic E-state index is -0.632. The SMILES string of the molecule is Cc1c(C(=O)OCC(=O)N2C[C@@H](C)O[C@@H](C)C2)oc2ccc(Br)cc12. The molecule has 7 heteroatoms. The minimum Gasteiger partial charge on any atom is -0.450 e. The van der Waals surface area contributed by atoms with Crippen LogP contribution in [0.5, 0.6) is 0 Å². The summed E-state index contributed by atoms with van der Waals surface area (Å²) in [5.41, 5.74) is 1.30. The van der Waals surface area contributed by atoms with E-state index in [1.807, 2.05) is 26.0 Å². The highest BCUT2D eigenvalue weighted by Crippen LogP contribution is 2.28. The van der Waals surface area contributed by atoms with E-state index in [1.54, 1.807) is 17.9 Å². The van der Waals surface area contributed by atoms with Crippen LogP contribution in [0.4, 0.5) is 0 Å². The number of aryl methyl sites for hydroxylation is 1. The van der Waals surface area contributed by atoms with Gasteiger partial charge >= 0.3 is 5.97 Å². The molecule has 2 heterocycles. The van der Waals surface area contributed by atoms with Crippen LogP contribution < -0.4 is 0 Å². The highest BCUT2D eigenvalue weighted by molar-refractivity contribution is 9.10. The van der Waals surface area contributed by atoms with Gasteiger partial charge in [0.25, 0.3) is 5.91 Å². The number of carbonyl (C=O) groups is 2. The zero-order valence-corrected chi connectivity index (χ0v) is 16.0. The van der Waals surface area contributed by atoms with Crippen molar-refractivity contribution in [2.24, 2.45) is 0 Å². The Hall–Kier alpha value is -1.86. The predicted octanol–water partition coefficient (Wildman–Crippen LogP) is 3.30. The van der Waals surface area contributed by atoms with Gasteiger partial charge in [-0.05, 0) is 39.0 Å². The summed E-state index contributed by atoms with van der Waals surface area (Å²) in [5, 5.41) is 0.837. The lowest BCUT2D eigenvalue weighted by atomic mass is 10.1. The van der Waals surface area contributed by atoms with Gasteiger partial charge in [-0.2, -0.15) is 0 Å². The van der Waals surface area contributed by atoms with Gasteiger partial charge in [0.15, 0.2) is 6.61 Å². The van der Waals surface area contributed by atoms with Crippen molar-refractivity contribution in [3.63, 3.8) is 0 Å². The molecule has 2 aromatic rings. The van der Waals surface area contributed by atoms with E-state index < -0.39 is 5.97 Å². The third-order valence-corrected chi connectivity index (χ3v) is 4.68.